The lowest BCUT2D eigenvalue weighted by molar-refractivity contribution is 1.52. The second-order valence-electron chi connectivity index (χ2n) is 7.58. The Labute approximate surface area is 171 Å². The van der Waals surface area contributed by atoms with Crippen LogP contribution in [0.15, 0.2) is 72.8 Å². The maximum absolute atomic E-state index is 2.37. The van der Waals surface area contributed by atoms with Crippen LogP contribution in [0.25, 0.3) is 51.5 Å². The molecule has 0 bridgehead atoms. The summed E-state index contributed by atoms with van der Waals surface area (Å²) in [6.45, 7) is 4.40. The van der Waals surface area contributed by atoms with Crippen LogP contribution in [-0.4, -0.2) is 0 Å². The summed E-state index contributed by atoms with van der Waals surface area (Å²) in [6.07, 6.45) is 0. The lowest BCUT2D eigenvalue weighted by Gasteiger charge is -2.06. The van der Waals surface area contributed by atoms with E-state index in [0.717, 1.165) is 0 Å². The Morgan fingerprint density at radius 3 is 2.18 bits per heavy atom. The van der Waals surface area contributed by atoms with Crippen molar-refractivity contribution in [3.8, 4) is 11.1 Å². The molecule has 0 nitrogen and oxygen atoms in total. The first-order valence-electron chi connectivity index (χ1n) is 9.52. The molecule has 0 atom stereocenters. The van der Waals surface area contributed by atoms with Gasteiger partial charge in [0, 0.05) is 40.3 Å². The van der Waals surface area contributed by atoms with Gasteiger partial charge in [-0.05, 0) is 66.4 Å². The summed E-state index contributed by atoms with van der Waals surface area (Å²) in [5.74, 6) is 0. The summed E-state index contributed by atoms with van der Waals surface area (Å²) >= 11 is 3.80. The molecule has 28 heavy (non-hydrogen) atoms. The highest BCUT2D eigenvalue weighted by Crippen LogP contribution is 2.40. The maximum Gasteiger partial charge on any atom is 0.0385 e. The molecule has 2 heterocycles. The molecular formula is C26H18S2. The highest BCUT2D eigenvalue weighted by molar-refractivity contribution is 7.26. The molecule has 2 aromatic heterocycles. The Morgan fingerprint density at radius 1 is 0.536 bits per heavy atom. The molecule has 0 spiro atoms. The Kier molecular flexibility index (Phi) is 3.44. The van der Waals surface area contributed by atoms with Gasteiger partial charge in [-0.2, -0.15) is 0 Å². The van der Waals surface area contributed by atoms with Crippen LogP contribution >= 0.6 is 22.7 Å². The lowest BCUT2D eigenvalue weighted by Crippen LogP contribution is -1.81. The van der Waals surface area contributed by atoms with Crippen molar-refractivity contribution in [2.24, 2.45) is 0 Å². The van der Waals surface area contributed by atoms with Gasteiger partial charge in [-0.15, -0.1) is 22.7 Å². The van der Waals surface area contributed by atoms with Gasteiger partial charge in [0.1, 0.15) is 0 Å². The fraction of sp³-hybridized carbons (Fsp3) is 0.0769. The van der Waals surface area contributed by atoms with Gasteiger partial charge in [0.05, 0.1) is 0 Å². The van der Waals surface area contributed by atoms with Crippen molar-refractivity contribution in [3.05, 3.63) is 83.9 Å². The largest absolute Gasteiger partial charge is 0.135 e. The summed E-state index contributed by atoms with van der Waals surface area (Å²) in [5.41, 5.74) is 5.30. The first-order valence-corrected chi connectivity index (χ1v) is 11.2. The Bertz CT molecular complexity index is 1530. The molecule has 0 radical (unpaired) electrons. The molecule has 0 aliphatic rings. The molecule has 4 aromatic carbocycles. The van der Waals surface area contributed by atoms with E-state index in [2.05, 4.69) is 86.6 Å². The van der Waals surface area contributed by atoms with Crippen molar-refractivity contribution in [1.82, 2.24) is 0 Å². The van der Waals surface area contributed by atoms with Crippen LogP contribution in [0.3, 0.4) is 0 Å². The normalized spacial score (nSPS) is 11.9. The molecule has 0 saturated carbocycles. The second kappa shape index (κ2) is 5.91. The third kappa shape index (κ3) is 2.35. The zero-order valence-electron chi connectivity index (χ0n) is 15.7. The van der Waals surface area contributed by atoms with Gasteiger partial charge in [0.2, 0.25) is 0 Å². The molecule has 6 aromatic rings. The van der Waals surface area contributed by atoms with E-state index in [4.69, 9.17) is 0 Å². The Balaban J connectivity index is 1.60. The van der Waals surface area contributed by atoms with Gasteiger partial charge in [0.15, 0.2) is 0 Å². The van der Waals surface area contributed by atoms with Crippen LogP contribution in [0.5, 0.6) is 0 Å². The maximum atomic E-state index is 2.37. The molecule has 0 fully saturated rings. The molecule has 0 N–H and O–H groups in total. The van der Waals surface area contributed by atoms with Gasteiger partial charge in [0.25, 0.3) is 0 Å². The fourth-order valence-electron chi connectivity index (χ4n) is 4.23. The summed E-state index contributed by atoms with van der Waals surface area (Å²) in [6, 6.07) is 27.2. The number of fused-ring (bicyclic) bond motifs is 6. The molecule has 2 heteroatoms. The number of rotatable bonds is 1. The molecule has 0 amide bonds. The molecule has 0 unspecified atom stereocenters. The molecule has 0 aliphatic carbocycles. The first kappa shape index (κ1) is 16.3. The number of aryl methyl sites for hydroxylation is 2. The Morgan fingerprint density at radius 2 is 1.29 bits per heavy atom. The van der Waals surface area contributed by atoms with E-state index in [1.165, 1.54) is 62.6 Å². The number of hydrogen-bond donors (Lipinski definition) is 0. The number of benzene rings is 4. The zero-order valence-corrected chi connectivity index (χ0v) is 17.4. The fourth-order valence-corrected chi connectivity index (χ4v) is 6.62. The van der Waals surface area contributed by atoms with Gasteiger partial charge >= 0.3 is 0 Å². The van der Waals surface area contributed by atoms with E-state index in [0.29, 0.717) is 0 Å². The van der Waals surface area contributed by atoms with Gasteiger partial charge in [-0.3, -0.25) is 0 Å². The molecule has 6 rings (SSSR count). The van der Waals surface area contributed by atoms with E-state index in [1.54, 1.807) is 0 Å². The number of thiophene rings is 2. The minimum Gasteiger partial charge on any atom is -0.135 e. The van der Waals surface area contributed by atoms with Crippen LogP contribution in [0.4, 0.5) is 0 Å². The summed E-state index contributed by atoms with van der Waals surface area (Å²) in [5, 5.41) is 5.48. The second-order valence-corrected chi connectivity index (χ2v) is 9.72. The topological polar surface area (TPSA) is 0 Å². The van der Waals surface area contributed by atoms with E-state index >= 15 is 0 Å². The van der Waals surface area contributed by atoms with Crippen LogP contribution in [0.1, 0.15) is 11.1 Å². The predicted octanol–water partition coefficient (Wildman–Crippen LogP) is 8.71. The van der Waals surface area contributed by atoms with Crippen molar-refractivity contribution in [2.75, 3.05) is 0 Å². The van der Waals surface area contributed by atoms with E-state index in [9.17, 15) is 0 Å². The van der Waals surface area contributed by atoms with Crippen molar-refractivity contribution < 1.29 is 0 Å². The average molecular weight is 395 g/mol. The van der Waals surface area contributed by atoms with Crippen molar-refractivity contribution in [1.29, 1.82) is 0 Å². The number of hydrogen-bond acceptors (Lipinski definition) is 2. The third-order valence-corrected chi connectivity index (χ3v) is 8.06. The van der Waals surface area contributed by atoms with Gasteiger partial charge < -0.3 is 0 Å². The third-order valence-electron chi connectivity index (χ3n) is 5.63. The van der Waals surface area contributed by atoms with Crippen LogP contribution < -0.4 is 0 Å². The monoisotopic (exact) mass is 394 g/mol. The molecular weight excluding hydrogens is 376 g/mol. The van der Waals surface area contributed by atoms with Gasteiger partial charge in [-0.25, -0.2) is 0 Å². The van der Waals surface area contributed by atoms with Crippen molar-refractivity contribution in [2.45, 2.75) is 13.8 Å². The average Bonchev–Trinajstić information content (AvgIpc) is 3.25. The van der Waals surface area contributed by atoms with Crippen LogP contribution in [0.2, 0.25) is 0 Å². The first-order chi connectivity index (χ1) is 13.7. The van der Waals surface area contributed by atoms with E-state index in [1.807, 2.05) is 22.7 Å². The van der Waals surface area contributed by atoms with Crippen LogP contribution in [-0.2, 0) is 0 Å². The minimum absolute atomic E-state index is 1.30. The highest BCUT2D eigenvalue weighted by atomic mass is 32.1. The predicted molar refractivity (Wildman–Crippen MR) is 127 cm³/mol. The lowest BCUT2D eigenvalue weighted by atomic mass is 9.99. The summed E-state index contributed by atoms with van der Waals surface area (Å²) in [4.78, 5) is 0. The van der Waals surface area contributed by atoms with Crippen molar-refractivity contribution in [3.63, 3.8) is 0 Å². The smallest absolute Gasteiger partial charge is 0.0385 e. The van der Waals surface area contributed by atoms with Gasteiger partial charge in [-0.1, -0.05) is 42.5 Å². The molecule has 134 valence electrons. The quantitative estimate of drug-likeness (QED) is 0.261. The zero-order chi connectivity index (χ0) is 18.8. The SMILES string of the molecule is Cc1ccc2c(c1)sc1cc(-c3cc(C)c4sc5ccccc5c4c3)ccc12. The minimum atomic E-state index is 1.30. The molecule has 0 saturated heterocycles. The molecule has 0 aliphatic heterocycles. The Hall–Kier alpha value is -2.68. The van der Waals surface area contributed by atoms with Crippen LogP contribution in [0, 0.1) is 13.8 Å². The van der Waals surface area contributed by atoms with E-state index < -0.39 is 0 Å². The summed E-state index contributed by atoms with van der Waals surface area (Å²) < 4.78 is 5.52. The highest BCUT2D eigenvalue weighted by Gasteiger charge is 2.11. The van der Waals surface area contributed by atoms with Crippen molar-refractivity contribution >= 4 is 63.0 Å². The standard InChI is InChI=1S/C26H18S2/c1-15-7-9-20-21-10-8-17(14-25(21)27-24(20)11-15)18-12-16(2)26-22(13-18)19-5-3-4-6-23(19)28-26/h3-14H,1-2H3. The van der Waals surface area contributed by atoms with E-state index in [-0.39, 0.29) is 0 Å². The summed E-state index contributed by atoms with van der Waals surface area (Å²) in [7, 11) is 0.